The van der Waals surface area contributed by atoms with Gasteiger partial charge in [-0.15, -0.1) is 0 Å². The summed E-state index contributed by atoms with van der Waals surface area (Å²) in [5.74, 6) is 1.77. The van der Waals surface area contributed by atoms with Crippen LogP contribution in [0.3, 0.4) is 0 Å². The smallest absolute Gasteiger partial charge is 0.134 e. The molecule has 3 rings (SSSR count). The van der Waals surface area contributed by atoms with Gasteiger partial charge in [-0.2, -0.15) is 0 Å². The van der Waals surface area contributed by atoms with Crippen molar-refractivity contribution < 1.29 is 4.42 Å². The minimum Gasteiger partial charge on any atom is -0.459 e. The van der Waals surface area contributed by atoms with E-state index in [-0.39, 0.29) is 6.04 Å². The standard InChI is InChI=1S/C15H20N2O/c1-11-6-7-17(10-11)13(9-16)15-8-12-4-2-3-5-14(12)18-15/h2-5,8,11,13H,6-7,9-10,16H2,1H3. The van der Waals surface area contributed by atoms with Crippen molar-refractivity contribution in [3.05, 3.63) is 36.1 Å². The van der Waals surface area contributed by atoms with Crippen molar-refractivity contribution >= 4 is 11.0 Å². The van der Waals surface area contributed by atoms with Crippen molar-refractivity contribution in [3.8, 4) is 0 Å². The fourth-order valence-corrected chi connectivity index (χ4v) is 2.86. The van der Waals surface area contributed by atoms with Crippen molar-refractivity contribution in [3.63, 3.8) is 0 Å². The van der Waals surface area contributed by atoms with Crippen LogP contribution in [0.5, 0.6) is 0 Å². The molecule has 18 heavy (non-hydrogen) atoms. The number of fused-ring (bicyclic) bond motifs is 1. The van der Waals surface area contributed by atoms with E-state index in [0.717, 1.165) is 35.7 Å². The van der Waals surface area contributed by atoms with Gasteiger partial charge in [0.1, 0.15) is 11.3 Å². The lowest BCUT2D eigenvalue weighted by Gasteiger charge is -2.24. The Morgan fingerprint density at radius 2 is 2.28 bits per heavy atom. The van der Waals surface area contributed by atoms with Gasteiger partial charge in [0.2, 0.25) is 0 Å². The van der Waals surface area contributed by atoms with E-state index in [1.807, 2.05) is 18.2 Å². The van der Waals surface area contributed by atoms with Crippen LogP contribution in [0.4, 0.5) is 0 Å². The number of nitrogens with zero attached hydrogens (tertiary/aromatic N) is 1. The topological polar surface area (TPSA) is 42.4 Å². The molecule has 1 aromatic carbocycles. The van der Waals surface area contributed by atoms with Crippen LogP contribution in [0, 0.1) is 5.92 Å². The summed E-state index contributed by atoms with van der Waals surface area (Å²) in [5, 5.41) is 1.16. The van der Waals surface area contributed by atoms with E-state index in [4.69, 9.17) is 10.2 Å². The van der Waals surface area contributed by atoms with E-state index in [2.05, 4.69) is 24.0 Å². The second kappa shape index (κ2) is 4.75. The van der Waals surface area contributed by atoms with Crippen LogP contribution in [0.25, 0.3) is 11.0 Å². The van der Waals surface area contributed by atoms with Crippen molar-refractivity contribution in [2.24, 2.45) is 11.7 Å². The average molecular weight is 244 g/mol. The van der Waals surface area contributed by atoms with Gasteiger partial charge < -0.3 is 10.2 Å². The van der Waals surface area contributed by atoms with E-state index >= 15 is 0 Å². The zero-order chi connectivity index (χ0) is 12.5. The van der Waals surface area contributed by atoms with Crippen LogP contribution >= 0.6 is 0 Å². The third kappa shape index (κ3) is 2.04. The molecule has 2 atom stereocenters. The highest BCUT2D eigenvalue weighted by molar-refractivity contribution is 5.77. The van der Waals surface area contributed by atoms with Gasteiger partial charge in [0, 0.05) is 18.5 Å². The highest BCUT2D eigenvalue weighted by Crippen LogP contribution is 2.30. The number of nitrogens with two attached hydrogens (primary N) is 1. The molecule has 3 heteroatoms. The Morgan fingerprint density at radius 1 is 1.44 bits per heavy atom. The molecule has 0 spiro atoms. The molecule has 1 aliphatic rings. The summed E-state index contributed by atoms with van der Waals surface area (Å²) in [6.07, 6.45) is 1.26. The average Bonchev–Trinajstić information content (AvgIpc) is 2.96. The number of hydrogen-bond acceptors (Lipinski definition) is 3. The summed E-state index contributed by atoms with van der Waals surface area (Å²) in [7, 11) is 0. The Balaban J connectivity index is 1.91. The van der Waals surface area contributed by atoms with Gasteiger partial charge in [0.05, 0.1) is 6.04 Å². The largest absolute Gasteiger partial charge is 0.459 e. The molecule has 2 N–H and O–H groups in total. The van der Waals surface area contributed by atoms with Crippen LogP contribution in [-0.4, -0.2) is 24.5 Å². The zero-order valence-electron chi connectivity index (χ0n) is 10.8. The van der Waals surface area contributed by atoms with E-state index < -0.39 is 0 Å². The minimum atomic E-state index is 0.224. The van der Waals surface area contributed by atoms with Gasteiger partial charge in [-0.1, -0.05) is 25.1 Å². The first-order valence-electron chi connectivity index (χ1n) is 6.70. The summed E-state index contributed by atoms with van der Waals surface area (Å²) >= 11 is 0. The fraction of sp³-hybridized carbons (Fsp3) is 0.467. The SMILES string of the molecule is CC1CCN(C(CN)c2cc3ccccc3o2)C1. The lowest BCUT2D eigenvalue weighted by Crippen LogP contribution is -2.31. The van der Waals surface area contributed by atoms with Crippen LogP contribution < -0.4 is 5.73 Å². The maximum absolute atomic E-state index is 5.95. The lowest BCUT2D eigenvalue weighted by molar-refractivity contribution is 0.217. The summed E-state index contributed by atoms with van der Waals surface area (Å²) < 4.78 is 5.95. The predicted octanol–water partition coefficient (Wildman–Crippen LogP) is 2.77. The van der Waals surface area contributed by atoms with E-state index in [1.165, 1.54) is 6.42 Å². The Labute approximate surface area is 108 Å². The second-order valence-corrected chi connectivity index (χ2v) is 5.33. The molecular formula is C15H20N2O. The maximum atomic E-state index is 5.95. The number of para-hydroxylation sites is 1. The third-order valence-electron chi connectivity index (χ3n) is 3.89. The Bertz CT molecular complexity index is 501. The molecular weight excluding hydrogens is 224 g/mol. The van der Waals surface area contributed by atoms with E-state index in [0.29, 0.717) is 6.54 Å². The molecule has 0 bridgehead atoms. The Hall–Kier alpha value is -1.32. The molecule has 0 radical (unpaired) electrons. The molecule has 3 nitrogen and oxygen atoms in total. The normalized spacial score (nSPS) is 22.7. The minimum absolute atomic E-state index is 0.224. The van der Waals surface area contributed by atoms with Crippen molar-refractivity contribution in [1.82, 2.24) is 4.90 Å². The van der Waals surface area contributed by atoms with E-state index in [9.17, 15) is 0 Å². The van der Waals surface area contributed by atoms with E-state index in [1.54, 1.807) is 0 Å². The van der Waals surface area contributed by atoms with Gasteiger partial charge in [-0.25, -0.2) is 0 Å². The van der Waals surface area contributed by atoms with Gasteiger partial charge in [-0.05, 0) is 31.0 Å². The van der Waals surface area contributed by atoms with Crippen molar-refractivity contribution in [2.75, 3.05) is 19.6 Å². The van der Waals surface area contributed by atoms with Crippen LogP contribution in [0.2, 0.25) is 0 Å². The number of likely N-dealkylation sites (tertiary alicyclic amines) is 1. The number of rotatable bonds is 3. The predicted molar refractivity (Wildman–Crippen MR) is 73.4 cm³/mol. The molecule has 96 valence electrons. The van der Waals surface area contributed by atoms with Gasteiger partial charge in [0.15, 0.2) is 0 Å². The Morgan fingerprint density at radius 3 is 2.94 bits per heavy atom. The zero-order valence-corrected chi connectivity index (χ0v) is 10.8. The molecule has 0 amide bonds. The summed E-state index contributed by atoms with van der Waals surface area (Å²) in [5.41, 5.74) is 6.91. The van der Waals surface area contributed by atoms with Gasteiger partial charge in [-0.3, -0.25) is 4.90 Å². The highest BCUT2D eigenvalue weighted by atomic mass is 16.3. The molecule has 0 aliphatic carbocycles. The van der Waals surface area contributed by atoms with Crippen molar-refractivity contribution in [1.29, 1.82) is 0 Å². The number of furan rings is 1. The molecule has 2 heterocycles. The first kappa shape index (κ1) is 11.8. The molecule has 2 aromatic rings. The lowest BCUT2D eigenvalue weighted by atomic mass is 10.1. The molecule has 1 aliphatic heterocycles. The monoisotopic (exact) mass is 244 g/mol. The highest BCUT2D eigenvalue weighted by Gasteiger charge is 2.28. The summed E-state index contributed by atoms with van der Waals surface area (Å²) in [6, 6.07) is 10.5. The molecule has 1 saturated heterocycles. The van der Waals surface area contributed by atoms with Crippen molar-refractivity contribution in [2.45, 2.75) is 19.4 Å². The quantitative estimate of drug-likeness (QED) is 0.902. The number of hydrogen-bond donors (Lipinski definition) is 1. The third-order valence-corrected chi connectivity index (χ3v) is 3.89. The first-order chi connectivity index (χ1) is 8.78. The molecule has 1 aromatic heterocycles. The molecule has 0 saturated carbocycles. The second-order valence-electron chi connectivity index (χ2n) is 5.33. The summed E-state index contributed by atoms with van der Waals surface area (Å²) in [4.78, 5) is 2.45. The molecule has 2 unspecified atom stereocenters. The van der Waals surface area contributed by atoms with Gasteiger partial charge in [0.25, 0.3) is 0 Å². The Kier molecular flexibility index (Phi) is 3.10. The van der Waals surface area contributed by atoms with Crippen LogP contribution in [-0.2, 0) is 0 Å². The molecule has 1 fully saturated rings. The number of benzene rings is 1. The fourth-order valence-electron chi connectivity index (χ4n) is 2.86. The van der Waals surface area contributed by atoms with Gasteiger partial charge >= 0.3 is 0 Å². The summed E-state index contributed by atoms with van der Waals surface area (Å²) in [6.45, 7) is 5.16. The van der Waals surface area contributed by atoms with Crippen LogP contribution in [0.1, 0.15) is 25.1 Å². The van der Waals surface area contributed by atoms with Crippen LogP contribution in [0.15, 0.2) is 34.7 Å². The maximum Gasteiger partial charge on any atom is 0.134 e. The first-order valence-corrected chi connectivity index (χ1v) is 6.70.